The molecule has 6 heteroatoms. The summed E-state index contributed by atoms with van der Waals surface area (Å²) < 4.78 is 9.11. The fraction of sp³-hybridized carbons (Fsp3) is 0.312. The molecule has 116 valence electrons. The second-order valence-corrected chi connectivity index (χ2v) is 7.85. The van der Waals surface area contributed by atoms with Crippen LogP contribution in [0.5, 0.6) is 5.75 Å². The highest BCUT2D eigenvalue weighted by molar-refractivity contribution is 9.11. The Kier molecular flexibility index (Phi) is 4.80. The molecule has 1 aliphatic carbocycles. The number of nitrogens with zero attached hydrogens (tertiary/aromatic N) is 1. The SMILES string of the molecule is COc1ccc(Cn2c(Br)c3c(c2Br)C(=O)C(Br)CC3)cc1. The first-order valence-corrected chi connectivity index (χ1v) is 9.40. The van der Waals surface area contributed by atoms with Crippen molar-refractivity contribution in [2.45, 2.75) is 24.2 Å². The van der Waals surface area contributed by atoms with Gasteiger partial charge in [0.15, 0.2) is 5.78 Å². The van der Waals surface area contributed by atoms with Crippen LogP contribution in [0.4, 0.5) is 0 Å². The third-order valence-electron chi connectivity index (χ3n) is 3.91. The minimum absolute atomic E-state index is 0.0833. The Balaban J connectivity index is 1.98. The Morgan fingerprint density at radius 3 is 2.55 bits per heavy atom. The van der Waals surface area contributed by atoms with Crippen molar-refractivity contribution < 1.29 is 9.53 Å². The molecule has 0 amide bonds. The summed E-state index contributed by atoms with van der Waals surface area (Å²) in [4.78, 5) is 12.3. The first-order valence-electron chi connectivity index (χ1n) is 6.90. The Morgan fingerprint density at radius 2 is 1.91 bits per heavy atom. The molecule has 1 aromatic carbocycles. The average Bonchev–Trinajstić information content (AvgIpc) is 2.77. The average molecular weight is 492 g/mol. The van der Waals surface area contributed by atoms with E-state index in [2.05, 4.69) is 52.4 Å². The van der Waals surface area contributed by atoms with Gasteiger partial charge in [0, 0.05) is 6.54 Å². The molecule has 0 bridgehead atoms. The third-order valence-corrected chi connectivity index (χ3v) is 6.51. The van der Waals surface area contributed by atoms with Crippen LogP contribution in [0, 0.1) is 0 Å². The molecule has 1 aliphatic rings. The molecule has 0 spiro atoms. The topological polar surface area (TPSA) is 31.2 Å². The highest BCUT2D eigenvalue weighted by Gasteiger charge is 2.32. The molecule has 1 atom stereocenters. The van der Waals surface area contributed by atoms with Gasteiger partial charge in [-0.3, -0.25) is 4.79 Å². The Labute approximate surface area is 154 Å². The van der Waals surface area contributed by atoms with Gasteiger partial charge in [0.25, 0.3) is 0 Å². The number of methoxy groups -OCH3 is 1. The first-order chi connectivity index (χ1) is 10.5. The van der Waals surface area contributed by atoms with E-state index in [4.69, 9.17) is 4.74 Å². The monoisotopic (exact) mass is 489 g/mol. The highest BCUT2D eigenvalue weighted by atomic mass is 79.9. The van der Waals surface area contributed by atoms with Crippen molar-refractivity contribution in [2.75, 3.05) is 7.11 Å². The Bertz CT molecular complexity index is 722. The van der Waals surface area contributed by atoms with Crippen LogP contribution in [0.25, 0.3) is 0 Å². The smallest absolute Gasteiger partial charge is 0.179 e. The van der Waals surface area contributed by atoms with Crippen molar-refractivity contribution in [1.82, 2.24) is 4.57 Å². The zero-order chi connectivity index (χ0) is 15.9. The number of aromatic nitrogens is 1. The number of ether oxygens (including phenoxy) is 1. The molecule has 0 N–H and O–H groups in total. The molecule has 3 nitrogen and oxygen atoms in total. The maximum Gasteiger partial charge on any atom is 0.179 e. The minimum atomic E-state index is -0.0833. The third kappa shape index (κ3) is 2.81. The predicted octanol–water partition coefficient (Wildman–Crippen LogP) is 4.96. The van der Waals surface area contributed by atoms with Crippen LogP contribution in [0.1, 0.15) is 27.9 Å². The van der Waals surface area contributed by atoms with Gasteiger partial charge in [-0.25, -0.2) is 0 Å². The largest absolute Gasteiger partial charge is 0.497 e. The minimum Gasteiger partial charge on any atom is -0.497 e. The normalized spacial score (nSPS) is 17.5. The lowest BCUT2D eigenvalue weighted by atomic mass is 9.95. The Morgan fingerprint density at radius 1 is 1.23 bits per heavy atom. The second-order valence-electron chi connectivity index (χ2n) is 5.24. The summed E-state index contributed by atoms with van der Waals surface area (Å²) in [6.07, 6.45) is 1.73. The number of carbonyl (C=O) groups is 1. The van der Waals surface area contributed by atoms with E-state index in [9.17, 15) is 4.79 Å². The van der Waals surface area contributed by atoms with Crippen LogP contribution in [0.3, 0.4) is 0 Å². The first kappa shape index (κ1) is 16.3. The van der Waals surface area contributed by atoms with Gasteiger partial charge in [-0.1, -0.05) is 28.1 Å². The number of alkyl halides is 1. The van der Waals surface area contributed by atoms with Crippen LogP contribution in [-0.2, 0) is 13.0 Å². The fourth-order valence-corrected chi connectivity index (χ4v) is 4.83. The van der Waals surface area contributed by atoms with E-state index in [-0.39, 0.29) is 10.6 Å². The summed E-state index contributed by atoms with van der Waals surface area (Å²) >= 11 is 10.7. The molecule has 0 radical (unpaired) electrons. The summed E-state index contributed by atoms with van der Waals surface area (Å²) in [6, 6.07) is 7.96. The van der Waals surface area contributed by atoms with Gasteiger partial charge in [-0.15, -0.1) is 0 Å². The Hall–Kier alpha value is -0.590. The van der Waals surface area contributed by atoms with Crippen molar-refractivity contribution in [3.05, 3.63) is 50.2 Å². The van der Waals surface area contributed by atoms with Gasteiger partial charge >= 0.3 is 0 Å². The van der Waals surface area contributed by atoms with Crippen LogP contribution < -0.4 is 4.74 Å². The van der Waals surface area contributed by atoms with Crippen molar-refractivity contribution in [1.29, 1.82) is 0 Å². The molecule has 0 saturated heterocycles. The molecule has 22 heavy (non-hydrogen) atoms. The number of benzene rings is 1. The lowest BCUT2D eigenvalue weighted by Crippen LogP contribution is -2.21. The van der Waals surface area contributed by atoms with E-state index >= 15 is 0 Å². The number of Topliss-reactive ketones (excluding diaryl/α,β-unsaturated/α-hetero) is 1. The molecule has 0 fully saturated rings. The predicted molar refractivity (Wildman–Crippen MR) is 97.3 cm³/mol. The fourth-order valence-electron chi connectivity index (χ4n) is 2.70. The van der Waals surface area contributed by atoms with E-state index in [1.165, 1.54) is 0 Å². The summed E-state index contributed by atoms with van der Waals surface area (Å²) in [5.74, 6) is 0.994. The lowest BCUT2D eigenvalue weighted by Gasteiger charge is -2.15. The number of ketones is 1. The number of carbonyl (C=O) groups excluding carboxylic acids is 1. The van der Waals surface area contributed by atoms with Crippen molar-refractivity contribution >= 4 is 53.6 Å². The lowest BCUT2D eigenvalue weighted by molar-refractivity contribution is 0.0981. The quantitative estimate of drug-likeness (QED) is 0.568. The summed E-state index contributed by atoms with van der Waals surface area (Å²) in [6.45, 7) is 0.693. The van der Waals surface area contributed by atoms with Crippen LogP contribution >= 0.6 is 47.8 Å². The molecule has 1 unspecified atom stereocenters. The maximum absolute atomic E-state index is 12.4. The van der Waals surface area contributed by atoms with E-state index in [1.54, 1.807) is 7.11 Å². The maximum atomic E-state index is 12.4. The van der Waals surface area contributed by atoms with Gasteiger partial charge in [0.05, 0.1) is 26.7 Å². The molecule has 1 heterocycles. The van der Waals surface area contributed by atoms with Crippen LogP contribution in [0.2, 0.25) is 0 Å². The van der Waals surface area contributed by atoms with E-state index in [0.29, 0.717) is 6.54 Å². The molecular weight excluding hydrogens is 478 g/mol. The van der Waals surface area contributed by atoms with Gasteiger partial charge in [-0.2, -0.15) is 0 Å². The van der Waals surface area contributed by atoms with Gasteiger partial charge in [-0.05, 0) is 68.0 Å². The number of hydrogen-bond acceptors (Lipinski definition) is 2. The zero-order valence-corrected chi connectivity index (χ0v) is 16.7. The second kappa shape index (κ2) is 6.49. The van der Waals surface area contributed by atoms with Crippen molar-refractivity contribution in [3.8, 4) is 5.75 Å². The summed E-state index contributed by atoms with van der Waals surface area (Å²) in [7, 11) is 1.66. The molecule has 1 aromatic heterocycles. The standard InChI is InChI=1S/C16H14Br3NO2/c1-22-10-4-2-9(3-5-10)8-20-15(18)11-6-7-12(17)14(21)13(11)16(20)19/h2-5,12H,6-8H2,1H3. The van der Waals surface area contributed by atoms with E-state index in [1.807, 2.05) is 24.3 Å². The van der Waals surface area contributed by atoms with E-state index in [0.717, 1.165) is 44.5 Å². The van der Waals surface area contributed by atoms with E-state index < -0.39 is 0 Å². The highest BCUT2D eigenvalue weighted by Crippen LogP contribution is 2.38. The van der Waals surface area contributed by atoms with Gasteiger partial charge in [0.2, 0.25) is 0 Å². The molecular formula is C16H14Br3NO2. The number of halogens is 3. The van der Waals surface area contributed by atoms with Crippen molar-refractivity contribution in [3.63, 3.8) is 0 Å². The van der Waals surface area contributed by atoms with Gasteiger partial charge in [0.1, 0.15) is 5.75 Å². The number of fused-ring (bicyclic) bond motifs is 1. The number of hydrogen-bond donors (Lipinski definition) is 0. The number of rotatable bonds is 3. The van der Waals surface area contributed by atoms with Gasteiger partial charge < -0.3 is 9.30 Å². The van der Waals surface area contributed by atoms with Crippen molar-refractivity contribution in [2.24, 2.45) is 0 Å². The summed E-state index contributed by atoms with van der Waals surface area (Å²) in [5.41, 5.74) is 3.05. The molecule has 2 aromatic rings. The molecule has 0 aliphatic heterocycles. The molecule has 3 rings (SSSR count). The van der Waals surface area contributed by atoms with Crippen LogP contribution in [0.15, 0.2) is 33.5 Å². The zero-order valence-electron chi connectivity index (χ0n) is 11.9. The summed E-state index contributed by atoms with van der Waals surface area (Å²) in [5, 5.41) is 0. The van der Waals surface area contributed by atoms with Crippen LogP contribution in [-0.4, -0.2) is 22.3 Å². The molecule has 0 saturated carbocycles.